The van der Waals surface area contributed by atoms with Gasteiger partial charge in [0.05, 0.1) is 18.1 Å². The van der Waals surface area contributed by atoms with Crippen molar-refractivity contribution < 1.29 is 13.2 Å². The van der Waals surface area contributed by atoms with Crippen molar-refractivity contribution in [1.29, 1.82) is 0 Å². The summed E-state index contributed by atoms with van der Waals surface area (Å²) in [5.74, 6) is 2.20. The number of benzene rings is 1. The van der Waals surface area contributed by atoms with Crippen LogP contribution in [-0.2, 0) is 14.8 Å². The molecule has 0 radical (unpaired) electrons. The Morgan fingerprint density at radius 1 is 1.12 bits per heavy atom. The quantitative estimate of drug-likeness (QED) is 0.695. The van der Waals surface area contributed by atoms with E-state index in [0.29, 0.717) is 31.4 Å². The highest BCUT2D eigenvalue weighted by atomic mass is 32.2. The number of anilines is 2. The molecule has 0 bridgehead atoms. The van der Waals surface area contributed by atoms with E-state index in [1.807, 2.05) is 13.0 Å². The minimum Gasteiger partial charge on any atom is -0.378 e. The van der Waals surface area contributed by atoms with Crippen molar-refractivity contribution in [1.82, 2.24) is 14.7 Å². The summed E-state index contributed by atoms with van der Waals surface area (Å²) in [5, 5.41) is 3.15. The predicted octanol–water partition coefficient (Wildman–Crippen LogP) is 1.01. The van der Waals surface area contributed by atoms with Crippen LogP contribution >= 0.6 is 0 Å². The van der Waals surface area contributed by atoms with Gasteiger partial charge in [-0.25, -0.2) is 23.1 Å². The first-order chi connectivity index (χ1) is 12.5. The molecule has 1 fully saturated rings. The number of morpholine rings is 1. The third-order valence-electron chi connectivity index (χ3n) is 3.94. The molecule has 140 valence electrons. The molecule has 2 N–H and O–H groups in total. The topological polar surface area (TPSA) is 96.5 Å². The maximum atomic E-state index is 12.2. The maximum Gasteiger partial charge on any atom is 0.240 e. The summed E-state index contributed by atoms with van der Waals surface area (Å²) < 4.78 is 32.3. The molecule has 8 nitrogen and oxygen atoms in total. The number of rotatable bonds is 7. The molecule has 0 atom stereocenters. The molecule has 1 saturated heterocycles. The summed E-state index contributed by atoms with van der Waals surface area (Å²) in [7, 11) is -3.49. The molecule has 3 rings (SSSR count). The van der Waals surface area contributed by atoms with Crippen molar-refractivity contribution in [3.8, 4) is 0 Å². The molecule has 1 aromatic carbocycles. The molecule has 1 aliphatic rings. The van der Waals surface area contributed by atoms with Crippen LogP contribution in [0.5, 0.6) is 0 Å². The zero-order valence-electron chi connectivity index (χ0n) is 14.7. The van der Waals surface area contributed by atoms with Gasteiger partial charge in [-0.05, 0) is 19.1 Å². The van der Waals surface area contributed by atoms with E-state index in [1.165, 1.54) is 0 Å². The molecule has 0 aliphatic carbocycles. The van der Waals surface area contributed by atoms with E-state index in [0.717, 1.165) is 18.9 Å². The van der Waals surface area contributed by atoms with Crippen molar-refractivity contribution in [3.63, 3.8) is 0 Å². The van der Waals surface area contributed by atoms with E-state index < -0.39 is 10.0 Å². The van der Waals surface area contributed by atoms with Gasteiger partial charge >= 0.3 is 0 Å². The van der Waals surface area contributed by atoms with Crippen LogP contribution in [-0.4, -0.2) is 57.8 Å². The summed E-state index contributed by atoms with van der Waals surface area (Å²) in [5.41, 5.74) is 0. The number of nitrogens with zero attached hydrogens (tertiary/aromatic N) is 3. The average molecular weight is 377 g/mol. The Bertz CT molecular complexity index is 824. The first-order valence-electron chi connectivity index (χ1n) is 8.51. The zero-order valence-corrected chi connectivity index (χ0v) is 15.5. The Hall–Kier alpha value is -2.23. The third kappa shape index (κ3) is 4.90. The van der Waals surface area contributed by atoms with Gasteiger partial charge in [0.25, 0.3) is 0 Å². The van der Waals surface area contributed by atoms with Crippen molar-refractivity contribution in [3.05, 3.63) is 42.2 Å². The molecule has 2 aromatic rings. The van der Waals surface area contributed by atoms with Gasteiger partial charge in [0.15, 0.2) is 0 Å². The van der Waals surface area contributed by atoms with Crippen molar-refractivity contribution >= 4 is 21.7 Å². The molecule has 0 spiro atoms. The van der Waals surface area contributed by atoms with E-state index >= 15 is 0 Å². The van der Waals surface area contributed by atoms with Crippen LogP contribution in [0.1, 0.15) is 5.82 Å². The number of ether oxygens (including phenoxy) is 1. The molecular formula is C17H23N5O3S. The molecule has 1 aromatic heterocycles. The average Bonchev–Trinajstić information content (AvgIpc) is 2.66. The lowest BCUT2D eigenvalue weighted by molar-refractivity contribution is 0.122. The summed E-state index contributed by atoms with van der Waals surface area (Å²) in [6.45, 7) is 5.49. The van der Waals surface area contributed by atoms with Crippen molar-refractivity contribution in [2.45, 2.75) is 11.8 Å². The number of nitrogens with one attached hydrogen (secondary N) is 2. The van der Waals surface area contributed by atoms with Crippen molar-refractivity contribution in [2.24, 2.45) is 0 Å². The summed E-state index contributed by atoms with van der Waals surface area (Å²) in [4.78, 5) is 11.2. The molecule has 0 unspecified atom stereocenters. The van der Waals surface area contributed by atoms with Crippen molar-refractivity contribution in [2.75, 3.05) is 49.6 Å². The van der Waals surface area contributed by atoms with Gasteiger partial charge in [-0.2, -0.15) is 0 Å². The van der Waals surface area contributed by atoms with E-state index in [1.54, 1.807) is 30.3 Å². The van der Waals surface area contributed by atoms with Gasteiger partial charge in [-0.3, -0.25) is 0 Å². The van der Waals surface area contributed by atoms with Gasteiger partial charge in [0, 0.05) is 32.2 Å². The van der Waals surface area contributed by atoms with Crippen LogP contribution in [0.4, 0.5) is 11.6 Å². The lowest BCUT2D eigenvalue weighted by Crippen LogP contribution is -2.37. The molecule has 26 heavy (non-hydrogen) atoms. The molecule has 1 aliphatic heterocycles. The minimum atomic E-state index is -3.49. The van der Waals surface area contributed by atoms with Crippen LogP contribution in [0.2, 0.25) is 0 Å². The second-order valence-electron chi connectivity index (χ2n) is 5.90. The zero-order chi connectivity index (χ0) is 18.4. The minimum absolute atomic E-state index is 0.257. The lowest BCUT2D eigenvalue weighted by atomic mass is 10.4. The first kappa shape index (κ1) is 18.6. The highest BCUT2D eigenvalue weighted by Gasteiger charge is 2.15. The SMILES string of the molecule is Cc1nc(NCCNS(=O)(=O)c2ccccc2)cc(N2CCOCC2)n1. The van der Waals surface area contributed by atoms with E-state index in [9.17, 15) is 8.42 Å². The molecule has 9 heteroatoms. The first-order valence-corrected chi connectivity index (χ1v) is 10.00. The third-order valence-corrected chi connectivity index (χ3v) is 5.41. The fraction of sp³-hybridized carbons (Fsp3) is 0.412. The number of hydrogen-bond acceptors (Lipinski definition) is 7. The summed E-state index contributed by atoms with van der Waals surface area (Å²) in [6.07, 6.45) is 0. The summed E-state index contributed by atoms with van der Waals surface area (Å²) in [6, 6.07) is 10.2. The van der Waals surface area contributed by atoms with E-state index in [4.69, 9.17) is 4.74 Å². The Morgan fingerprint density at radius 2 is 1.85 bits per heavy atom. The van der Waals surface area contributed by atoms with Gasteiger partial charge < -0.3 is 15.0 Å². The van der Waals surface area contributed by atoms with Crippen LogP contribution < -0.4 is 14.9 Å². The second kappa shape index (κ2) is 8.43. The van der Waals surface area contributed by atoms with E-state index in [2.05, 4.69) is 24.9 Å². The number of sulfonamides is 1. The largest absolute Gasteiger partial charge is 0.378 e. The number of aromatic nitrogens is 2. The molecule has 0 amide bonds. The molecule has 0 saturated carbocycles. The van der Waals surface area contributed by atoms with E-state index in [-0.39, 0.29) is 11.4 Å². The maximum absolute atomic E-state index is 12.2. The van der Waals surface area contributed by atoms with Gasteiger partial charge in [-0.15, -0.1) is 0 Å². The lowest BCUT2D eigenvalue weighted by Gasteiger charge is -2.28. The normalized spacial score (nSPS) is 15.0. The Morgan fingerprint density at radius 3 is 2.58 bits per heavy atom. The Balaban J connectivity index is 1.55. The second-order valence-corrected chi connectivity index (χ2v) is 7.66. The van der Waals surface area contributed by atoms with Gasteiger partial charge in [0.2, 0.25) is 10.0 Å². The standard InChI is InChI=1S/C17H23N5O3S/c1-14-20-16(13-17(21-14)22-9-11-25-12-10-22)18-7-8-19-26(23,24)15-5-3-2-4-6-15/h2-6,13,19H,7-12H2,1H3,(H,18,20,21). The van der Waals surface area contributed by atoms with Crippen LogP contribution in [0.15, 0.2) is 41.3 Å². The fourth-order valence-corrected chi connectivity index (χ4v) is 3.71. The van der Waals surface area contributed by atoms with Gasteiger partial charge in [-0.1, -0.05) is 18.2 Å². The number of aryl methyl sites for hydroxylation is 1. The van der Waals surface area contributed by atoms with Crippen LogP contribution in [0, 0.1) is 6.92 Å². The number of hydrogen-bond donors (Lipinski definition) is 2. The van der Waals surface area contributed by atoms with Crippen LogP contribution in [0.25, 0.3) is 0 Å². The van der Waals surface area contributed by atoms with Gasteiger partial charge in [0.1, 0.15) is 17.5 Å². The predicted molar refractivity (Wildman–Crippen MR) is 99.9 cm³/mol. The van der Waals surface area contributed by atoms with Crippen LogP contribution in [0.3, 0.4) is 0 Å². The Kier molecular flexibility index (Phi) is 6.02. The fourth-order valence-electron chi connectivity index (χ4n) is 2.66. The smallest absolute Gasteiger partial charge is 0.240 e. The Labute approximate surface area is 153 Å². The molecule has 2 heterocycles. The highest BCUT2D eigenvalue weighted by molar-refractivity contribution is 7.89. The molecular weight excluding hydrogens is 354 g/mol. The summed E-state index contributed by atoms with van der Waals surface area (Å²) >= 11 is 0. The highest BCUT2D eigenvalue weighted by Crippen LogP contribution is 2.17. The monoisotopic (exact) mass is 377 g/mol.